The monoisotopic (exact) mass is 330 g/mol. The Morgan fingerprint density at radius 2 is 0.960 bits per heavy atom. The van der Waals surface area contributed by atoms with E-state index in [9.17, 15) is 0 Å². The minimum Gasteiger partial charge on any atom is -0.329 e. The molecule has 0 bridgehead atoms. The summed E-state index contributed by atoms with van der Waals surface area (Å²) in [4.78, 5) is 0. The van der Waals surface area contributed by atoms with E-state index in [1.165, 1.54) is 16.7 Å². The highest BCUT2D eigenvalue weighted by atomic mass is 14.8. The average molecular weight is 330 g/mol. The number of hydrogen-bond acceptors (Lipinski definition) is 2. The fourth-order valence-electron chi connectivity index (χ4n) is 3.65. The first-order valence-corrected chi connectivity index (χ1v) is 8.74. The molecular weight excluding hydrogens is 304 g/mol. The molecule has 1 unspecified atom stereocenters. The molecule has 0 heterocycles. The minimum atomic E-state index is -0.485. The van der Waals surface area contributed by atoms with E-state index < -0.39 is 5.54 Å². The smallest absolute Gasteiger partial charge is 0.0469 e. The standard InChI is InChI=1S/C23H26N2/c1-22(25,18-24)17-23(19-11-5-2-6-12-19,20-13-7-3-8-14-20)21-15-9-4-10-16-21/h2-16H,17-18,24-25H2,1H3. The molecule has 0 saturated carbocycles. The van der Waals surface area contributed by atoms with Gasteiger partial charge in [0, 0.05) is 17.5 Å². The molecule has 128 valence electrons. The molecule has 0 aliphatic carbocycles. The van der Waals surface area contributed by atoms with Crippen molar-refractivity contribution >= 4 is 0 Å². The van der Waals surface area contributed by atoms with Crippen LogP contribution in [0.5, 0.6) is 0 Å². The van der Waals surface area contributed by atoms with Gasteiger partial charge in [0.05, 0.1) is 0 Å². The van der Waals surface area contributed by atoms with E-state index in [1.54, 1.807) is 0 Å². The lowest BCUT2D eigenvalue weighted by molar-refractivity contribution is 0.369. The second-order valence-electron chi connectivity index (χ2n) is 7.04. The Hall–Kier alpha value is -2.42. The van der Waals surface area contributed by atoms with Crippen LogP contribution in [0.3, 0.4) is 0 Å². The highest BCUT2D eigenvalue weighted by Gasteiger charge is 2.40. The van der Waals surface area contributed by atoms with Crippen LogP contribution in [0.4, 0.5) is 0 Å². The lowest BCUT2D eigenvalue weighted by atomic mass is 9.63. The minimum absolute atomic E-state index is 0.341. The molecular formula is C23H26N2. The van der Waals surface area contributed by atoms with Gasteiger partial charge in [-0.3, -0.25) is 0 Å². The van der Waals surface area contributed by atoms with Gasteiger partial charge in [0.1, 0.15) is 0 Å². The summed E-state index contributed by atoms with van der Waals surface area (Å²) in [6, 6.07) is 31.8. The lowest BCUT2D eigenvalue weighted by Crippen LogP contribution is -2.50. The van der Waals surface area contributed by atoms with Crippen LogP contribution < -0.4 is 11.5 Å². The van der Waals surface area contributed by atoms with Crippen molar-refractivity contribution in [1.82, 2.24) is 0 Å². The van der Waals surface area contributed by atoms with E-state index in [-0.39, 0.29) is 5.41 Å². The van der Waals surface area contributed by atoms with Gasteiger partial charge in [0.25, 0.3) is 0 Å². The zero-order valence-electron chi connectivity index (χ0n) is 14.7. The molecule has 0 aromatic heterocycles. The molecule has 0 saturated heterocycles. The van der Waals surface area contributed by atoms with Crippen LogP contribution in [-0.4, -0.2) is 12.1 Å². The van der Waals surface area contributed by atoms with Gasteiger partial charge < -0.3 is 11.5 Å². The van der Waals surface area contributed by atoms with Crippen molar-refractivity contribution in [3.05, 3.63) is 108 Å². The van der Waals surface area contributed by atoms with Crippen molar-refractivity contribution in [2.75, 3.05) is 6.54 Å². The van der Waals surface area contributed by atoms with Crippen molar-refractivity contribution in [2.24, 2.45) is 11.5 Å². The third-order valence-corrected chi connectivity index (χ3v) is 4.94. The highest BCUT2D eigenvalue weighted by Crippen LogP contribution is 2.44. The quantitative estimate of drug-likeness (QED) is 0.669. The van der Waals surface area contributed by atoms with E-state index in [4.69, 9.17) is 11.5 Å². The van der Waals surface area contributed by atoms with Gasteiger partial charge in [-0.15, -0.1) is 0 Å². The summed E-state index contributed by atoms with van der Waals surface area (Å²) >= 11 is 0. The van der Waals surface area contributed by atoms with Gasteiger partial charge in [0.2, 0.25) is 0 Å². The Kier molecular flexibility index (Phi) is 5.03. The summed E-state index contributed by atoms with van der Waals surface area (Å²) < 4.78 is 0. The molecule has 4 N–H and O–H groups in total. The number of benzene rings is 3. The Labute approximate surface area is 150 Å². The van der Waals surface area contributed by atoms with Gasteiger partial charge in [-0.25, -0.2) is 0 Å². The molecule has 0 aliphatic heterocycles. The molecule has 0 fully saturated rings. The summed E-state index contributed by atoms with van der Waals surface area (Å²) in [6.07, 6.45) is 0.731. The zero-order valence-corrected chi connectivity index (χ0v) is 14.7. The van der Waals surface area contributed by atoms with Crippen molar-refractivity contribution in [1.29, 1.82) is 0 Å². The van der Waals surface area contributed by atoms with Gasteiger partial charge in [-0.1, -0.05) is 91.0 Å². The maximum atomic E-state index is 6.59. The van der Waals surface area contributed by atoms with Gasteiger partial charge in [-0.05, 0) is 30.0 Å². The van der Waals surface area contributed by atoms with Crippen LogP contribution in [0.2, 0.25) is 0 Å². The van der Waals surface area contributed by atoms with Crippen LogP contribution >= 0.6 is 0 Å². The summed E-state index contributed by atoms with van der Waals surface area (Å²) in [6.45, 7) is 2.47. The van der Waals surface area contributed by atoms with Gasteiger partial charge in [0.15, 0.2) is 0 Å². The summed E-state index contributed by atoms with van der Waals surface area (Å²) in [5.74, 6) is 0. The van der Waals surface area contributed by atoms with Crippen LogP contribution in [0, 0.1) is 0 Å². The predicted octanol–water partition coefficient (Wildman–Crippen LogP) is 4.09. The SMILES string of the molecule is CC(N)(CN)CC(c1ccccc1)(c1ccccc1)c1ccccc1. The first-order chi connectivity index (χ1) is 12.1. The summed E-state index contributed by atoms with van der Waals surface area (Å²) in [7, 11) is 0. The topological polar surface area (TPSA) is 52.0 Å². The molecule has 0 spiro atoms. The second kappa shape index (κ2) is 7.22. The molecule has 3 rings (SSSR count). The molecule has 3 aromatic carbocycles. The molecule has 0 amide bonds. The Morgan fingerprint density at radius 3 is 1.24 bits per heavy atom. The maximum Gasteiger partial charge on any atom is 0.0469 e. The normalized spacial score (nSPS) is 14.0. The molecule has 2 heteroatoms. The van der Waals surface area contributed by atoms with Crippen LogP contribution in [0.1, 0.15) is 30.0 Å². The van der Waals surface area contributed by atoms with E-state index >= 15 is 0 Å². The van der Waals surface area contributed by atoms with Crippen molar-refractivity contribution in [2.45, 2.75) is 24.3 Å². The summed E-state index contributed by atoms with van der Waals surface area (Å²) in [5.41, 5.74) is 15.5. The number of hydrogen-bond donors (Lipinski definition) is 2. The Balaban J connectivity index is 2.32. The van der Waals surface area contributed by atoms with E-state index in [2.05, 4.69) is 91.0 Å². The zero-order chi connectivity index (χ0) is 17.8. The molecule has 25 heavy (non-hydrogen) atoms. The third-order valence-electron chi connectivity index (χ3n) is 4.94. The molecule has 0 aliphatic rings. The molecule has 0 radical (unpaired) electrons. The lowest BCUT2D eigenvalue weighted by Gasteiger charge is -2.41. The average Bonchev–Trinajstić information content (AvgIpc) is 2.68. The maximum absolute atomic E-state index is 6.59. The summed E-state index contributed by atoms with van der Waals surface area (Å²) in [5, 5.41) is 0. The van der Waals surface area contributed by atoms with E-state index in [0.717, 1.165) is 6.42 Å². The van der Waals surface area contributed by atoms with E-state index in [1.807, 2.05) is 6.92 Å². The largest absolute Gasteiger partial charge is 0.329 e. The molecule has 3 aromatic rings. The fraction of sp³-hybridized carbons (Fsp3) is 0.217. The first-order valence-electron chi connectivity index (χ1n) is 8.74. The predicted molar refractivity (Wildman–Crippen MR) is 105 cm³/mol. The Bertz CT molecular complexity index is 683. The Morgan fingerprint density at radius 1 is 0.640 bits per heavy atom. The highest BCUT2D eigenvalue weighted by molar-refractivity contribution is 5.50. The van der Waals surface area contributed by atoms with Crippen LogP contribution in [0.25, 0.3) is 0 Å². The van der Waals surface area contributed by atoms with Crippen molar-refractivity contribution < 1.29 is 0 Å². The number of nitrogens with two attached hydrogens (primary N) is 2. The fourth-order valence-corrected chi connectivity index (χ4v) is 3.65. The van der Waals surface area contributed by atoms with Gasteiger partial charge in [-0.2, -0.15) is 0 Å². The first kappa shape index (κ1) is 17.4. The number of rotatable bonds is 6. The van der Waals surface area contributed by atoms with Crippen molar-refractivity contribution in [3.63, 3.8) is 0 Å². The second-order valence-corrected chi connectivity index (χ2v) is 7.04. The van der Waals surface area contributed by atoms with Crippen molar-refractivity contribution in [3.8, 4) is 0 Å². The molecule has 1 atom stereocenters. The van der Waals surface area contributed by atoms with E-state index in [0.29, 0.717) is 6.54 Å². The molecule has 2 nitrogen and oxygen atoms in total. The van der Waals surface area contributed by atoms with Crippen LogP contribution in [0.15, 0.2) is 91.0 Å². The van der Waals surface area contributed by atoms with Gasteiger partial charge >= 0.3 is 0 Å². The van der Waals surface area contributed by atoms with Crippen LogP contribution in [-0.2, 0) is 5.41 Å². The third kappa shape index (κ3) is 3.51.